The molecule has 0 radical (unpaired) electrons. The van der Waals surface area contributed by atoms with E-state index in [1.54, 1.807) is 11.8 Å². The van der Waals surface area contributed by atoms with Gasteiger partial charge in [-0.25, -0.2) is 0 Å². The summed E-state index contributed by atoms with van der Waals surface area (Å²) in [6.07, 6.45) is 2.71. The molecule has 1 aliphatic carbocycles. The SMILES string of the molecule is CC(C)C(C)N(C(=O)c1ccc2c(c1)NC(=O)CCS2)C1CC1. The molecule has 0 saturated heterocycles. The third-order valence-electron chi connectivity index (χ3n) is 4.67. The normalized spacial score (nSPS) is 18.9. The molecule has 1 fully saturated rings. The van der Waals surface area contributed by atoms with Crippen molar-refractivity contribution >= 4 is 29.3 Å². The van der Waals surface area contributed by atoms with E-state index in [1.165, 1.54) is 0 Å². The predicted molar refractivity (Wildman–Crippen MR) is 93.9 cm³/mol. The molecular formula is C18H24N2O2S. The van der Waals surface area contributed by atoms with Crippen molar-refractivity contribution in [3.8, 4) is 0 Å². The summed E-state index contributed by atoms with van der Waals surface area (Å²) in [5.41, 5.74) is 1.45. The van der Waals surface area contributed by atoms with Crippen LogP contribution < -0.4 is 5.32 Å². The van der Waals surface area contributed by atoms with Crippen LogP contribution in [-0.2, 0) is 4.79 Å². The predicted octanol–water partition coefficient (Wildman–Crippen LogP) is 3.77. The molecule has 5 heteroatoms. The minimum atomic E-state index is 0.0236. The molecule has 2 aliphatic rings. The summed E-state index contributed by atoms with van der Waals surface area (Å²) in [6.45, 7) is 6.43. The first kappa shape index (κ1) is 16.4. The highest BCUT2D eigenvalue weighted by molar-refractivity contribution is 7.99. The summed E-state index contributed by atoms with van der Waals surface area (Å²) in [7, 11) is 0. The number of hydrogen-bond acceptors (Lipinski definition) is 3. The number of hydrogen-bond donors (Lipinski definition) is 1. The van der Waals surface area contributed by atoms with Crippen LogP contribution in [0.2, 0.25) is 0 Å². The van der Waals surface area contributed by atoms with Crippen molar-refractivity contribution < 1.29 is 9.59 Å². The smallest absolute Gasteiger partial charge is 0.254 e. The lowest BCUT2D eigenvalue weighted by Gasteiger charge is -2.32. The second kappa shape index (κ2) is 6.56. The van der Waals surface area contributed by atoms with Gasteiger partial charge in [0.2, 0.25) is 5.91 Å². The van der Waals surface area contributed by atoms with E-state index < -0.39 is 0 Å². The number of fused-ring (bicyclic) bond motifs is 1. The highest BCUT2D eigenvalue weighted by Gasteiger charge is 2.37. The number of amides is 2. The van der Waals surface area contributed by atoms with Crippen LogP contribution >= 0.6 is 11.8 Å². The molecule has 2 amide bonds. The fourth-order valence-corrected chi connectivity index (χ4v) is 3.80. The molecule has 124 valence electrons. The number of carbonyl (C=O) groups is 2. The van der Waals surface area contributed by atoms with Gasteiger partial charge >= 0.3 is 0 Å². The first-order chi connectivity index (χ1) is 11.0. The van der Waals surface area contributed by atoms with Crippen molar-refractivity contribution in [2.75, 3.05) is 11.1 Å². The van der Waals surface area contributed by atoms with Crippen molar-refractivity contribution in [1.29, 1.82) is 0 Å². The molecule has 3 rings (SSSR count). The molecular weight excluding hydrogens is 308 g/mol. The number of nitrogens with one attached hydrogen (secondary N) is 1. The van der Waals surface area contributed by atoms with Gasteiger partial charge < -0.3 is 10.2 Å². The van der Waals surface area contributed by atoms with Crippen LogP contribution in [0.3, 0.4) is 0 Å². The average Bonchev–Trinajstić information content (AvgIpc) is 3.33. The molecule has 0 aromatic heterocycles. The molecule has 1 heterocycles. The maximum absolute atomic E-state index is 13.0. The average molecular weight is 332 g/mol. The van der Waals surface area contributed by atoms with Crippen LogP contribution in [0.4, 0.5) is 5.69 Å². The van der Waals surface area contributed by atoms with Gasteiger partial charge in [-0.3, -0.25) is 9.59 Å². The molecule has 1 aromatic carbocycles. The summed E-state index contributed by atoms with van der Waals surface area (Å²) in [5, 5.41) is 2.92. The van der Waals surface area contributed by atoms with E-state index in [9.17, 15) is 9.59 Å². The largest absolute Gasteiger partial charge is 0.333 e. The molecule has 23 heavy (non-hydrogen) atoms. The first-order valence-electron chi connectivity index (χ1n) is 8.36. The molecule has 1 saturated carbocycles. The zero-order valence-electron chi connectivity index (χ0n) is 14.0. The highest BCUT2D eigenvalue weighted by Crippen LogP contribution is 2.35. The molecule has 4 nitrogen and oxygen atoms in total. The van der Waals surface area contributed by atoms with Gasteiger partial charge in [0, 0.05) is 34.7 Å². The lowest BCUT2D eigenvalue weighted by molar-refractivity contribution is -0.115. The topological polar surface area (TPSA) is 49.4 Å². The van der Waals surface area contributed by atoms with Crippen LogP contribution in [0.5, 0.6) is 0 Å². The molecule has 1 N–H and O–H groups in total. The summed E-state index contributed by atoms with van der Waals surface area (Å²) >= 11 is 1.66. The van der Waals surface area contributed by atoms with E-state index in [1.807, 2.05) is 23.1 Å². The van der Waals surface area contributed by atoms with E-state index in [-0.39, 0.29) is 17.9 Å². The Kier molecular flexibility index (Phi) is 4.67. The Bertz CT molecular complexity index is 625. The lowest BCUT2D eigenvalue weighted by Crippen LogP contribution is -2.43. The second-order valence-corrected chi connectivity index (χ2v) is 7.92. The monoisotopic (exact) mass is 332 g/mol. The zero-order chi connectivity index (χ0) is 16.6. The van der Waals surface area contributed by atoms with Crippen LogP contribution in [-0.4, -0.2) is 34.6 Å². The molecule has 1 aliphatic heterocycles. The first-order valence-corrected chi connectivity index (χ1v) is 9.35. The Morgan fingerprint density at radius 3 is 2.70 bits per heavy atom. The Labute approximate surface area is 142 Å². The summed E-state index contributed by atoms with van der Waals surface area (Å²) < 4.78 is 0. The number of nitrogens with zero attached hydrogens (tertiary/aromatic N) is 1. The van der Waals surface area contributed by atoms with Crippen molar-refractivity contribution in [3.05, 3.63) is 23.8 Å². The van der Waals surface area contributed by atoms with Crippen molar-refractivity contribution in [3.63, 3.8) is 0 Å². The van der Waals surface area contributed by atoms with Gasteiger partial charge in [-0.15, -0.1) is 11.8 Å². The quantitative estimate of drug-likeness (QED) is 0.913. The minimum absolute atomic E-state index is 0.0236. The van der Waals surface area contributed by atoms with Gasteiger partial charge in [0.25, 0.3) is 5.91 Å². The number of thioether (sulfide) groups is 1. The third-order valence-corrected chi connectivity index (χ3v) is 5.74. The molecule has 0 bridgehead atoms. The maximum Gasteiger partial charge on any atom is 0.254 e. The summed E-state index contributed by atoms with van der Waals surface area (Å²) in [5.74, 6) is 1.32. The Morgan fingerprint density at radius 1 is 1.30 bits per heavy atom. The second-order valence-electron chi connectivity index (χ2n) is 6.79. The van der Waals surface area contributed by atoms with Gasteiger partial charge in [-0.1, -0.05) is 13.8 Å². The van der Waals surface area contributed by atoms with E-state index in [0.29, 0.717) is 23.9 Å². The van der Waals surface area contributed by atoms with Crippen molar-refractivity contribution in [2.45, 2.75) is 57.0 Å². The summed E-state index contributed by atoms with van der Waals surface area (Å²) in [4.78, 5) is 27.9. The van der Waals surface area contributed by atoms with Crippen molar-refractivity contribution in [2.24, 2.45) is 5.92 Å². The summed E-state index contributed by atoms with van der Waals surface area (Å²) in [6, 6.07) is 6.30. The van der Waals surface area contributed by atoms with Gasteiger partial charge in [0.1, 0.15) is 0 Å². The van der Waals surface area contributed by atoms with Crippen LogP contribution in [0.15, 0.2) is 23.1 Å². The number of anilines is 1. The maximum atomic E-state index is 13.0. The zero-order valence-corrected chi connectivity index (χ0v) is 14.8. The standard InChI is InChI=1S/C18H24N2O2S/c1-11(2)12(3)20(14-5-6-14)18(22)13-4-7-16-15(10-13)19-17(21)8-9-23-16/h4,7,10-12,14H,5-6,8-9H2,1-3H3,(H,19,21). The number of carbonyl (C=O) groups excluding carboxylic acids is 2. The van der Waals surface area contributed by atoms with Gasteiger partial charge in [0.15, 0.2) is 0 Å². The Hall–Kier alpha value is -1.49. The molecule has 1 aromatic rings. The van der Waals surface area contributed by atoms with E-state index >= 15 is 0 Å². The fourth-order valence-electron chi connectivity index (χ4n) is 2.86. The lowest BCUT2D eigenvalue weighted by atomic mass is 10.0. The van der Waals surface area contributed by atoms with E-state index in [0.717, 1.165) is 29.2 Å². The molecule has 0 spiro atoms. The van der Waals surface area contributed by atoms with E-state index in [4.69, 9.17) is 0 Å². The van der Waals surface area contributed by atoms with Crippen LogP contribution in [0.1, 0.15) is 50.4 Å². The number of rotatable bonds is 4. The van der Waals surface area contributed by atoms with Crippen LogP contribution in [0.25, 0.3) is 0 Å². The van der Waals surface area contributed by atoms with Gasteiger partial charge in [-0.05, 0) is 43.9 Å². The number of benzene rings is 1. The Morgan fingerprint density at radius 2 is 2.04 bits per heavy atom. The fraction of sp³-hybridized carbons (Fsp3) is 0.556. The molecule has 1 unspecified atom stereocenters. The highest BCUT2D eigenvalue weighted by atomic mass is 32.2. The van der Waals surface area contributed by atoms with Crippen LogP contribution in [0, 0.1) is 5.92 Å². The Balaban J connectivity index is 1.88. The molecule has 1 atom stereocenters. The van der Waals surface area contributed by atoms with E-state index in [2.05, 4.69) is 26.1 Å². The van der Waals surface area contributed by atoms with Gasteiger partial charge in [0.05, 0.1) is 5.69 Å². The van der Waals surface area contributed by atoms with Crippen molar-refractivity contribution in [1.82, 2.24) is 4.90 Å². The van der Waals surface area contributed by atoms with Gasteiger partial charge in [-0.2, -0.15) is 0 Å². The minimum Gasteiger partial charge on any atom is -0.333 e. The third kappa shape index (κ3) is 3.55.